The van der Waals surface area contributed by atoms with Crippen LogP contribution in [0, 0.1) is 11.6 Å². The average molecular weight is 322 g/mol. The van der Waals surface area contributed by atoms with Gasteiger partial charge in [0, 0.05) is 0 Å². The Labute approximate surface area is 116 Å². The van der Waals surface area contributed by atoms with E-state index in [1.807, 2.05) is 0 Å². The Morgan fingerprint density at radius 3 is 2.00 bits per heavy atom. The third-order valence-corrected chi connectivity index (χ3v) is 4.20. The van der Waals surface area contributed by atoms with Crippen LogP contribution in [0.4, 0.5) is 22.0 Å². The summed E-state index contributed by atoms with van der Waals surface area (Å²) >= 11 is 0. The van der Waals surface area contributed by atoms with Crippen molar-refractivity contribution in [1.29, 1.82) is 0 Å². The summed E-state index contributed by atoms with van der Waals surface area (Å²) < 4.78 is 86.1. The lowest BCUT2D eigenvalue weighted by Gasteiger charge is -2.10. The fourth-order valence-electron chi connectivity index (χ4n) is 1.69. The smallest absolute Gasteiger partial charge is 0.214 e. The largest absolute Gasteiger partial charge is 0.502 e. The Bertz CT molecular complexity index is 781. The van der Waals surface area contributed by atoms with Crippen LogP contribution in [0.5, 0.6) is 0 Å². The van der Waals surface area contributed by atoms with Crippen LogP contribution in [-0.2, 0) is 9.84 Å². The minimum atomic E-state index is -5.76. The van der Waals surface area contributed by atoms with Gasteiger partial charge in [-0.3, -0.25) is 0 Å². The monoisotopic (exact) mass is 322 g/mol. The molecule has 2 aromatic rings. The Kier molecular flexibility index (Phi) is 3.75. The Balaban J connectivity index is 2.53. The number of sulfone groups is 1. The summed E-state index contributed by atoms with van der Waals surface area (Å²) in [6.07, 6.45) is 0. The van der Waals surface area contributed by atoms with Gasteiger partial charge in [-0.2, -0.15) is 13.2 Å². The van der Waals surface area contributed by atoms with Crippen molar-refractivity contribution in [2.24, 2.45) is 0 Å². The molecule has 0 fully saturated rings. The van der Waals surface area contributed by atoms with Gasteiger partial charge < -0.3 is 0 Å². The summed E-state index contributed by atoms with van der Waals surface area (Å²) in [5.41, 5.74) is -5.31. The van der Waals surface area contributed by atoms with Gasteiger partial charge in [0.05, 0.1) is 0 Å². The molecule has 21 heavy (non-hydrogen) atoms. The second-order valence-electron chi connectivity index (χ2n) is 4.10. The van der Waals surface area contributed by atoms with E-state index in [9.17, 15) is 30.4 Å². The van der Waals surface area contributed by atoms with E-state index in [0.29, 0.717) is 12.1 Å². The van der Waals surface area contributed by atoms with E-state index in [1.165, 1.54) is 12.1 Å². The first-order chi connectivity index (χ1) is 9.63. The molecule has 2 aromatic carbocycles. The quantitative estimate of drug-likeness (QED) is 0.785. The lowest BCUT2D eigenvalue weighted by atomic mass is 10.1. The molecule has 0 saturated carbocycles. The number of alkyl halides is 3. The normalized spacial score (nSPS) is 12.4. The van der Waals surface area contributed by atoms with Crippen LogP contribution in [0.25, 0.3) is 11.1 Å². The molecule has 0 aliphatic rings. The lowest BCUT2D eigenvalue weighted by molar-refractivity contribution is -0.0437. The fourth-order valence-corrected chi connectivity index (χ4v) is 2.50. The topological polar surface area (TPSA) is 34.1 Å². The Morgan fingerprint density at radius 2 is 1.48 bits per heavy atom. The molecule has 0 saturated heterocycles. The molecular weight excluding hydrogens is 315 g/mol. The van der Waals surface area contributed by atoms with E-state index in [4.69, 9.17) is 0 Å². The van der Waals surface area contributed by atoms with Crippen molar-refractivity contribution >= 4 is 9.84 Å². The molecule has 0 aliphatic carbocycles. The first kappa shape index (κ1) is 15.4. The highest BCUT2D eigenvalue weighted by Crippen LogP contribution is 2.33. The van der Waals surface area contributed by atoms with Gasteiger partial charge in [0.25, 0.3) is 9.84 Å². The molecule has 2 nitrogen and oxygen atoms in total. The van der Waals surface area contributed by atoms with Crippen molar-refractivity contribution in [2.75, 3.05) is 0 Å². The summed E-state index contributed by atoms with van der Waals surface area (Å²) in [4.78, 5) is -1.46. The molecule has 8 heteroatoms. The predicted molar refractivity (Wildman–Crippen MR) is 65.0 cm³/mol. The van der Waals surface area contributed by atoms with Crippen molar-refractivity contribution in [1.82, 2.24) is 0 Å². The highest BCUT2D eigenvalue weighted by Gasteiger charge is 2.48. The van der Waals surface area contributed by atoms with Crippen molar-refractivity contribution < 1.29 is 30.4 Å². The van der Waals surface area contributed by atoms with E-state index in [2.05, 4.69) is 0 Å². The zero-order chi connectivity index (χ0) is 15.8. The van der Waals surface area contributed by atoms with Crippen LogP contribution >= 0.6 is 0 Å². The molecular formula is C13H7F5O2S. The highest BCUT2D eigenvalue weighted by atomic mass is 32.2. The maximum absolute atomic E-state index is 13.7. The summed E-state index contributed by atoms with van der Waals surface area (Å²) in [5, 5.41) is 0. The molecule has 0 atom stereocenters. The van der Waals surface area contributed by atoms with Gasteiger partial charge in [0.2, 0.25) is 0 Å². The first-order valence-electron chi connectivity index (χ1n) is 5.50. The minimum absolute atomic E-state index is 0.0631. The van der Waals surface area contributed by atoms with E-state index in [-0.39, 0.29) is 11.1 Å². The van der Waals surface area contributed by atoms with Crippen molar-refractivity contribution in [3.05, 3.63) is 54.1 Å². The minimum Gasteiger partial charge on any atom is -0.214 e. The standard InChI is InChI=1S/C13H7F5O2S/c14-10-3-1-2-8(6-10)9-4-5-12(11(15)7-9)21(19,20)13(16,17)18/h1-7H. The lowest BCUT2D eigenvalue weighted by Crippen LogP contribution is -2.24. The van der Waals surface area contributed by atoms with Gasteiger partial charge in [0.15, 0.2) is 0 Å². The summed E-state index contributed by atoms with van der Waals surface area (Å²) in [6.45, 7) is 0. The van der Waals surface area contributed by atoms with E-state index in [1.54, 1.807) is 0 Å². The van der Waals surface area contributed by atoms with Crippen LogP contribution in [0.3, 0.4) is 0 Å². The van der Waals surface area contributed by atoms with Crippen LogP contribution in [0.15, 0.2) is 47.4 Å². The van der Waals surface area contributed by atoms with Crippen LogP contribution in [0.2, 0.25) is 0 Å². The van der Waals surface area contributed by atoms with E-state index >= 15 is 0 Å². The number of hydrogen-bond donors (Lipinski definition) is 0. The second kappa shape index (κ2) is 5.10. The van der Waals surface area contributed by atoms with Gasteiger partial charge in [-0.05, 0) is 35.4 Å². The SMILES string of the molecule is O=S(=O)(c1ccc(-c2cccc(F)c2)cc1F)C(F)(F)F. The number of rotatable bonds is 2. The van der Waals surface area contributed by atoms with Crippen molar-refractivity contribution in [3.8, 4) is 11.1 Å². The average Bonchev–Trinajstić information content (AvgIpc) is 2.37. The van der Waals surface area contributed by atoms with Crippen LogP contribution in [0.1, 0.15) is 0 Å². The van der Waals surface area contributed by atoms with Gasteiger partial charge in [-0.1, -0.05) is 18.2 Å². The van der Waals surface area contributed by atoms with E-state index < -0.39 is 31.9 Å². The molecule has 0 bridgehead atoms. The fraction of sp³-hybridized carbons (Fsp3) is 0.0769. The Morgan fingerprint density at radius 1 is 0.857 bits per heavy atom. The van der Waals surface area contributed by atoms with Crippen molar-refractivity contribution in [2.45, 2.75) is 10.4 Å². The summed E-state index contributed by atoms with van der Waals surface area (Å²) in [6, 6.07) is 7.05. The molecule has 0 spiro atoms. The molecule has 0 unspecified atom stereocenters. The third kappa shape index (κ3) is 2.90. The summed E-state index contributed by atoms with van der Waals surface area (Å²) in [7, 11) is -5.76. The molecule has 0 heterocycles. The van der Waals surface area contributed by atoms with Crippen LogP contribution in [-0.4, -0.2) is 13.9 Å². The second-order valence-corrected chi connectivity index (χ2v) is 6.01. The summed E-state index contributed by atoms with van der Waals surface area (Å²) in [5.74, 6) is -2.16. The number of hydrogen-bond acceptors (Lipinski definition) is 2. The van der Waals surface area contributed by atoms with Gasteiger partial charge in [0.1, 0.15) is 16.5 Å². The van der Waals surface area contributed by atoms with Gasteiger partial charge >= 0.3 is 5.51 Å². The van der Waals surface area contributed by atoms with Crippen LogP contribution < -0.4 is 0 Å². The molecule has 112 valence electrons. The number of benzene rings is 2. The zero-order valence-electron chi connectivity index (χ0n) is 10.2. The van der Waals surface area contributed by atoms with Crippen molar-refractivity contribution in [3.63, 3.8) is 0 Å². The number of halogens is 5. The molecule has 2 rings (SSSR count). The third-order valence-electron chi connectivity index (χ3n) is 2.68. The molecule has 0 aliphatic heterocycles. The predicted octanol–water partition coefficient (Wildman–Crippen LogP) is 3.93. The molecule has 0 aromatic heterocycles. The molecule has 0 radical (unpaired) electrons. The molecule has 0 amide bonds. The van der Waals surface area contributed by atoms with Gasteiger partial charge in [-0.25, -0.2) is 17.2 Å². The first-order valence-corrected chi connectivity index (χ1v) is 6.98. The van der Waals surface area contributed by atoms with Gasteiger partial charge in [-0.15, -0.1) is 0 Å². The maximum atomic E-state index is 13.7. The Hall–Kier alpha value is -1.96. The maximum Gasteiger partial charge on any atom is 0.502 e. The zero-order valence-corrected chi connectivity index (χ0v) is 11.0. The highest BCUT2D eigenvalue weighted by molar-refractivity contribution is 7.92. The molecule has 0 N–H and O–H groups in total. The van der Waals surface area contributed by atoms with E-state index in [0.717, 1.165) is 18.2 Å².